The van der Waals surface area contributed by atoms with Crippen LogP contribution in [0.3, 0.4) is 0 Å². The second-order valence-electron chi connectivity index (χ2n) is 3.76. The summed E-state index contributed by atoms with van der Waals surface area (Å²) in [4.78, 5) is 0. The van der Waals surface area contributed by atoms with Crippen molar-refractivity contribution < 1.29 is 4.74 Å². The van der Waals surface area contributed by atoms with Gasteiger partial charge < -0.3 is 10.1 Å². The second-order valence-corrected chi connectivity index (χ2v) is 3.76. The Morgan fingerprint density at radius 1 is 1.27 bits per heavy atom. The Labute approximate surface area is 92.6 Å². The average molecular weight is 207 g/mol. The van der Waals surface area contributed by atoms with E-state index in [0.29, 0.717) is 6.04 Å². The summed E-state index contributed by atoms with van der Waals surface area (Å²) in [6, 6.07) is 9.19. The predicted molar refractivity (Wildman–Crippen MR) is 64.1 cm³/mol. The van der Waals surface area contributed by atoms with E-state index in [4.69, 9.17) is 4.74 Å². The van der Waals surface area contributed by atoms with E-state index in [1.54, 1.807) is 7.11 Å². The molecule has 1 atom stereocenters. The van der Waals surface area contributed by atoms with Gasteiger partial charge in [0.15, 0.2) is 0 Å². The summed E-state index contributed by atoms with van der Waals surface area (Å²) in [5, 5.41) is 3.41. The van der Waals surface area contributed by atoms with E-state index < -0.39 is 0 Å². The molecule has 0 saturated carbocycles. The molecule has 0 amide bonds. The molecule has 2 nitrogen and oxygen atoms in total. The third-order valence-electron chi connectivity index (χ3n) is 2.64. The summed E-state index contributed by atoms with van der Waals surface area (Å²) in [6.45, 7) is 6.01. The molecule has 0 spiro atoms. The van der Waals surface area contributed by atoms with Gasteiger partial charge in [0.25, 0.3) is 0 Å². The first-order chi connectivity index (χ1) is 7.27. The van der Waals surface area contributed by atoms with Gasteiger partial charge in [-0.05, 0) is 24.5 Å². The van der Waals surface area contributed by atoms with Gasteiger partial charge in [-0.2, -0.15) is 0 Å². The molecule has 0 bridgehead atoms. The summed E-state index contributed by atoms with van der Waals surface area (Å²) < 4.78 is 5.00. The SMILES string of the molecule is CCc1ccc([C@H](C)NCCOC)cc1. The number of methoxy groups -OCH3 is 1. The summed E-state index contributed by atoms with van der Waals surface area (Å²) in [5.74, 6) is 0. The van der Waals surface area contributed by atoms with Gasteiger partial charge in [0.05, 0.1) is 6.61 Å². The van der Waals surface area contributed by atoms with Gasteiger partial charge in [0.2, 0.25) is 0 Å². The minimum atomic E-state index is 0.394. The van der Waals surface area contributed by atoms with E-state index >= 15 is 0 Å². The quantitative estimate of drug-likeness (QED) is 0.724. The third kappa shape index (κ3) is 4.02. The summed E-state index contributed by atoms with van der Waals surface area (Å²) >= 11 is 0. The largest absolute Gasteiger partial charge is 0.383 e. The fourth-order valence-electron chi connectivity index (χ4n) is 1.54. The Balaban J connectivity index is 2.46. The van der Waals surface area contributed by atoms with Gasteiger partial charge in [0.1, 0.15) is 0 Å². The lowest BCUT2D eigenvalue weighted by Crippen LogP contribution is -2.22. The van der Waals surface area contributed by atoms with Crippen LogP contribution in [0.5, 0.6) is 0 Å². The molecule has 15 heavy (non-hydrogen) atoms. The van der Waals surface area contributed by atoms with Crippen LogP contribution in [0.4, 0.5) is 0 Å². The van der Waals surface area contributed by atoms with Gasteiger partial charge >= 0.3 is 0 Å². The highest BCUT2D eigenvalue weighted by Crippen LogP contribution is 2.13. The van der Waals surface area contributed by atoms with Gasteiger partial charge in [-0.1, -0.05) is 31.2 Å². The van der Waals surface area contributed by atoms with Crippen LogP contribution in [0.1, 0.15) is 31.0 Å². The van der Waals surface area contributed by atoms with Crippen molar-refractivity contribution in [2.24, 2.45) is 0 Å². The molecule has 0 heterocycles. The first-order valence-corrected chi connectivity index (χ1v) is 5.59. The van der Waals surface area contributed by atoms with Crippen molar-refractivity contribution in [3.63, 3.8) is 0 Å². The molecule has 0 radical (unpaired) electrons. The summed E-state index contributed by atoms with van der Waals surface area (Å²) in [6.07, 6.45) is 1.10. The molecule has 0 aromatic heterocycles. The molecule has 1 aromatic carbocycles. The summed E-state index contributed by atoms with van der Waals surface area (Å²) in [7, 11) is 1.72. The molecule has 0 saturated heterocycles. The maximum Gasteiger partial charge on any atom is 0.0587 e. The van der Waals surface area contributed by atoms with Crippen molar-refractivity contribution in [1.82, 2.24) is 5.32 Å². The van der Waals surface area contributed by atoms with Crippen LogP contribution in [0.2, 0.25) is 0 Å². The van der Waals surface area contributed by atoms with Gasteiger partial charge in [-0.25, -0.2) is 0 Å². The number of rotatable bonds is 6. The van der Waals surface area contributed by atoms with E-state index in [1.165, 1.54) is 11.1 Å². The fraction of sp³-hybridized carbons (Fsp3) is 0.538. The normalized spacial score (nSPS) is 12.7. The number of aryl methyl sites for hydroxylation is 1. The van der Waals surface area contributed by atoms with Crippen LogP contribution in [0, 0.1) is 0 Å². The van der Waals surface area contributed by atoms with Crippen molar-refractivity contribution in [3.05, 3.63) is 35.4 Å². The first kappa shape index (κ1) is 12.2. The molecule has 1 N–H and O–H groups in total. The molecule has 84 valence electrons. The Kier molecular flexibility index (Phi) is 5.37. The maximum atomic E-state index is 5.00. The Morgan fingerprint density at radius 2 is 1.93 bits per heavy atom. The van der Waals surface area contributed by atoms with Crippen LogP contribution in [0.25, 0.3) is 0 Å². The Hall–Kier alpha value is -0.860. The lowest BCUT2D eigenvalue weighted by molar-refractivity contribution is 0.196. The monoisotopic (exact) mass is 207 g/mol. The molecule has 0 aliphatic rings. The maximum absolute atomic E-state index is 5.00. The van der Waals surface area contributed by atoms with Crippen molar-refractivity contribution in [2.45, 2.75) is 26.3 Å². The van der Waals surface area contributed by atoms with E-state index in [1.807, 2.05) is 0 Å². The molecule has 0 unspecified atom stereocenters. The van der Waals surface area contributed by atoms with Gasteiger partial charge in [0, 0.05) is 19.7 Å². The molecular weight excluding hydrogens is 186 g/mol. The van der Waals surface area contributed by atoms with E-state index in [0.717, 1.165) is 19.6 Å². The second kappa shape index (κ2) is 6.59. The highest BCUT2D eigenvalue weighted by atomic mass is 16.5. The zero-order valence-corrected chi connectivity index (χ0v) is 9.92. The topological polar surface area (TPSA) is 21.3 Å². The molecule has 1 aromatic rings. The van der Waals surface area contributed by atoms with Crippen molar-refractivity contribution >= 4 is 0 Å². The lowest BCUT2D eigenvalue weighted by atomic mass is 10.1. The predicted octanol–water partition coefficient (Wildman–Crippen LogP) is 2.55. The number of hydrogen-bond acceptors (Lipinski definition) is 2. The smallest absolute Gasteiger partial charge is 0.0587 e. The lowest BCUT2D eigenvalue weighted by Gasteiger charge is -2.14. The minimum absolute atomic E-state index is 0.394. The van der Waals surface area contributed by atoms with Crippen molar-refractivity contribution in [3.8, 4) is 0 Å². The van der Waals surface area contributed by atoms with Crippen LogP contribution in [-0.2, 0) is 11.2 Å². The number of hydrogen-bond donors (Lipinski definition) is 1. The van der Waals surface area contributed by atoms with Crippen LogP contribution in [-0.4, -0.2) is 20.3 Å². The molecule has 1 rings (SSSR count). The molecule has 0 fully saturated rings. The van der Waals surface area contributed by atoms with Gasteiger partial charge in [-0.3, -0.25) is 0 Å². The van der Waals surface area contributed by atoms with Crippen LogP contribution < -0.4 is 5.32 Å². The van der Waals surface area contributed by atoms with Crippen molar-refractivity contribution in [1.29, 1.82) is 0 Å². The zero-order chi connectivity index (χ0) is 11.1. The van der Waals surface area contributed by atoms with Crippen LogP contribution >= 0.6 is 0 Å². The summed E-state index contributed by atoms with van der Waals surface area (Å²) in [5.41, 5.74) is 2.73. The Bertz CT molecular complexity index is 268. The standard InChI is InChI=1S/C13H21NO/c1-4-12-5-7-13(8-6-12)11(2)14-9-10-15-3/h5-8,11,14H,4,9-10H2,1-3H3/t11-/m0/s1. The first-order valence-electron chi connectivity index (χ1n) is 5.59. The molecule has 0 aliphatic heterocycles. The van der Waals surface area contributed by atoms with E-state index in [-0.39, 0.29) is 0 Å². The molecule has 2 heteroatoms. The highest BCUT2D eigenvalue weighted by molar-refractivity contribution is 5.24. The zero-order valence-electron chi connectivity index (χ0n) is 9.92. The van der Waals surface area contributed by atoms with Gasteiger partial charge in [-0.15, -0.1) is 0 Å². The molecular formula is C13H21NO. The van der Waals surface area contributed by atoms with Crippen molar-refractivity contribution in [2.75, 3.05) is 20.3 Å². The Morgan fingerprint density at radius 3 is 2.47 bits per heavy atom. The van der Waals surface area contributed by atoms with E-state index in [9.17, 15) is 0 Å². The third-order valence-corrected chi connectivity index (χ3v) is 2.64. The van der Waals surface area contributed by atoms with Crippen LogP contribution in [0.15, 0.2) is 24.3 Å². The number of nitrogens with one attached hydrogen (secondary N) is 1. The minimum Gasteiger partial charge on any atom is -0.383 e. The number of ether oxygens (including phenoxy) is 1. The highest BCUT2D eigenvalue weighted by Gasteiger charge is 2.03. The van der Waals surface area contributed by atoms with E-state index in [2.05, 4.69) is 43.4 Å². The fourth-order valence-corrected chi connectivity index (χ4v) is 1.54. The average Bonchev–Trinajstić information content (AvgIpc) is 2.29. The number of benzene rings is 1. The molecule has 0 aliphatic carbocycles.